The third kappa shape index (κ3) is 1.74. The molecule has 0 bridgehead atoms. The molecule has 0 saturated heterocycles. The van der Waals surface area contributed by atoms with Crippen LogP contribution in [-0.2, 0) is 11.3 Å². The van der Waals surface area contributed by atoms with Crippen molar-refractivity contribution < 1.29 is 9.90 Å². The molecule has 2 rings (SSSR count). The van der Waals surface area contributed by atoms with Gasteiger partial charge in [-0.05, 0) is 25.8 Å². The van der Waals surface area contributed by atoms with Crippen LogP contribution in [0, 0.1) is 5.41 Å². The van der Waals surface area contributed by atoms with Crippen molar-refractivity contribution in [3.63, 3.8) is 0 Å². The van der Waals surface area contributed by atoms with E-state index in [4.69, 9.17) is 5.73 Å². The van der Waals surface area contributed by atoms with E-state index in [0.717, 1.165) is 31.5 Å². The molecule has 94 valence electrons. The minimum Gasteiger partial charge on any atom is -0.481 e. The highest BCUT2D eigenvalue weighted by Gasteiger charge is 2.51. The molecule has 1 aliphatic carbocycles. The third-order valence-electron chi connectivity index (χ3n) is 3.98. The zero-order valence-electron chi connectivity index (χ0n) is 10.1. The average Bonchev–Trinajstić information content (AvgIpc) is 2.69. The third-order valence-corrected chi connectivity index (χ3v) is 3.98. The Kier molecular flexibility index (Phi) is 3.19. The molecule has 1 aromatic heterocycles. The van der Waals surface area contributed by atoms with Crippen LogP contribution in [0.3, 0.4) is 0 Å². The molecule has 17 heavy (non-hydrogen) atoms. The lowest BCUT2D eigenvalue weighted by atomic mass is 9.60. The standard InChI is InChI=1S/C12H19N3O2/c1-2-15-10(4-7-14-15)9(8-13)12(11(16)17)5-3-6-12/h4,7,9H,2-3,5-6,8,13H2,1H3,(H,16,17)/t9-/m1/s1. The Balaban J connectivity index is 2.36. The molecular weight excluding hydrogens is 218 g/mol. The molecule has 1 saturated carbocycles. The van der Waals surface area contributed by atoms with Crippen LogP contribution < -0.4 is 5.73 Å². The van der Waals surface area contributed by atoms with Gasteiger partial charge in [0.05, 0.1) is 5.41 Å². The lowest BCUT2D eigenvalue weighted by molar-refractivity contribution is -0.156. The number of carbonyl (C=O) groups is 1. The summed E-state index contributed by atoms with van der Waals surface area (Å²) in [6.45, 7) is 3.10. The summed E-state index contributed by atoms with van der Waals surface area (Å²) in [5.74, 6) is -0.848. The maximum absolute atomic E-state index is 11.5. The zero-order valence-corrected chi connectivity index (χ0v) is 10.1. The van der Waals surface area contributed by atoms with E-state index in [0.29, 0.717) is 6.54 Å². The highest BCUT2D eigenvalue weighted by molar-refractivity contribution is 5.77. The van der Waals surface area contributed by atoms with Crippen molar-refractivity contribution in [1.82, 2.24) is 9.78 Å². The summed E-state index contributed by atoms with van der Waals surface area (Å²) in [5.41, 5.74) is 6.11. The van der Waals surface area contributed by atoms with Gasteiger partial charge in [-0.2, -0.15) is 5.10 Å². The van der Waals surface area contributed by atoms with Crippen LogP contribution in [0.5, 0.6) is 0 Å². The van der Waals surface area contributed by atoms with Gasteiger partial charge in [0.1, 0.15) is 0 Å². The number of aromatic nitrogens is 2. The quantitative estimate of drug-likeness (QED) is 0.806. The number of hydrogen-bond acceptors (Lipinski definition) is 3. The van der Waals surface area contributed by atoms with E-state index in [1.54, 1.807) is 6.20 Å². The van der Waals surface area contributed by atoms with Gasteiger partial charge in [0, 0.05) is 30.9 Å². The van der Waals surface area contributed by atoms with Crippen LogP contribution in [0.4, 0.5) is 0 Å². The lowest BCUT2D eigenvalue weighted by Crippen LogP contribution is -2.46. The summed E-state index contributed by atoms with van der Waals surface area (Å²) >= 11 is 0. The number of rotatable bonds is 5. The van der Waals surface area contributed by atoms with Crippen LogP contribution in [-0.4, -0.2) is 27.4 Å². The van der Waals surface area contributed by atoms with Gasteiger partial charge in [0.2, 0.25) is 0 Å². The normalized spacial score (nSPS) is 19.6. The second-order valence-corrected chi connectivity index (χ2v) is 4.67. The SMILES string of the molecule is CCn1nccc1[C@@H](CN)C1(C(=O)O)CCC1. The smallest absolute Gasteiger partial charge is 0.310 e. The van der Waals surface area contributed by atoms with Crippen LogP contribution in [0.15, 0.2) is 12.3 Å². The number of carboxylic acids is 1. The Morgan fingerprint density at radius 1 is 1.71 bits per heavy atom. The lowest BCUT2D eigenvalue weighted by Gasteiger charge is -2.43. The first-order valence-electron chi connectivity index (χ1n) is 6.11. The Bertz CT molecular complexity index is 410. The highest BCUT2D eigenvalue weighted by Crippen LogP contribution is 2.51. The summed E-state index contributed by atoms with van der Waals surface area (Å²) in [5, 5.41) is 13.7. The topological polar surface area (TPSA) is 81.1 Å². The fourth-order valence-corrected chi connectivity index (χ4v) is 2.80. The second kappa shape index (κ2) is 4.49. The van der Waals surface area contributed by atoms with Gasteiger partial charge >= 0.3 is 5.97 Å². The van der Waals surface area contributed by atoms with Crippen molar-refractivity contribution in [3.8, 4) is 0 Å². The molecular formula is C12H19N3O2. The van der Waals surface area contributed by atoms with E-state index in [1.165, 1.54) is 0 Å². The summed E-state index contributed by atoms with van der Waals surface area (Å²) in [6, 6.07) is 1.89. The number of hydrogen-bond donors (Lipinski definition) is 2. The highest BCUT2D eigenvalue weighted by atomic mass is 16.4. The predicted molar refractivity (Wildman–Crippen MR) is 63.6 cm³/mol. The maximum atomic E-state index is 11.5. The van der Waals surface area contributed by atoms with E-state index in [9.17, 15) is 9.90 Å². The minimum absolute atomic E-state index is 0.129. The van der Waals surface area contributed by atoms with Crippen molar-refractivity contribution in [3.05, 3.63) is 18.0 Å². The van der Waals surface area contributed by atoms with Crippen LogP contribution in [0.25, 0.3) is 0 Å². The Morgan fingerprint density at radius 2 is 2.41 bits per heavy atom. The molecule has 1 fully saturated rings. The van der Waals surface area contributed by atoms with Crippen LogP contribution >= 0.6 is 0 Å². The molecule has 0 aromatic carbocycles. The molecule has 1 aromatic rings. The first-order chi connectivity index (χ1) is 8.15. The molecule has 1 atom stereocenters. The maximum Gasteiger partial charge on any atom is 0.310 e. The van der Waals surface area contributed by atoms with Gasteiger partial charge in [0.15, 0.2) is 0 Å². The van der Waals surface area contributed by atoms with Crippen molar-refractivity contribution in [2.45, 2.75) is 38.6 Å². The fourth-order valence-electron chi connectivity index (χ4n) is 2.80. The molecule has 1 heterocycles. The van der Waals surface area contributed by atoms with Gasteiger partial charge < -0.3 is 10.8 Å². The molecule has 0 radical (unpaired) electrons. The van der Waals surface area contributed by atoms with E-state index in [-0.39, 0.29) is 5.92 Å². The van der Waals surface area contributed by atoms with Gasteiger partial charge in [-0.3, -0.25) is 9.48 Å². The molecule has 5 heteroatoms. The van der Waals surface area contributed by atoms with Gasteiger partial charge in [-0.1, -0.05) is 6.42 Å². The Hall–Kier alpha value is -1.36. The predicted octanol–water partition coefficient (Wildman–Crippen LogP) is 1.20. The summed E-state index contributed by atoms with van der Waals surface area (Å²) in [7, 11) is 0. The fraction of sp³-hybridized carbons (Fsp3) is 0.667. The number of carboxylic acid groups (broad SMARTS) is 1. The van der Waals surface area contributed by atoms with Gasteiger partial charge in [-0.25, -0.2) is 0 Å². The first kappa shape index (κ1) is 12.1. The first-order valence-corrected chi connectivity index (χ1v) is 6.11. The van der Waals surface area contributed by atoms with Crippen molar-refractivity contribution in [1.29, 1.82) is 0 Å². The molecule has 0 spiro atoms. The zero-order chi connectivity index (χ0) is 12.5. The number of nitrogens with two attached hydrogens (primary N) is 1. The monoisotopic (exact) mass is 237 g/mol. The van der Waals surface area contributed by atoms with E-state index < -0.39 is 11.4 Å². The molecule has 3 N–H and O–H groups in total. The molecule has 0 aliphatic heterocycles. The van der Waals surface area contributed by atoms with Crippen molar-refractivity contribution in [2.75, 3.05) is 6.54 Å². The molecule has 1 aliphatic rings. The van der Waals surface area contributed by atoms with Crippen LogP contribution in [0.2, 0.25) is 0 Å². The molecule has 5 nitrogen and oxygen atoms in total. The van der Waals surface area contributed by atoms with Crippen molar-refractivity contribution >= 4 is 5.97 Å². The Labute approximate surface area is 101 Å². The van der Waals surface area contributed by atoms with E-state index in [1.807, 2.05) is 17.7 Å². The van der Waals surface area contributed by atoms with E-state index in [2.05, 4.69) is 5.10 Å². The summed E-state index contributed by atoms with van der Waals surface area (Å²) in [6.07, 6.45) is 4.14. The average molecular weight is 237 g/mol. The minimum atomic E-state index is -0.719. The molecule has 0 amide bonds. The second-order valence-electron chi connectivity index (χ2n) is 4.67. The van der Waals surface area contributed by atoms with E-state index >= 15 is 0 Å². The number of aliphatic carboxylic acids is 1. The number of aryl methyl sites for hydroxylation is 1. The number of nitrogens with zero attached hydrogens (tertiary/aromatic N) is 2. The summed E-state index contributed by atoms with van der Waals surface area (Å²) < 4.78 is 1.85. The van der Waals surface area contributed by atoms with Gasteiger partial charge in [0.25, 0.3) is 0 Å². The largest absolute Gasteiger partial charge is 0.481 e. The van der Waals surface area contributed by atoms with Crippen molar-refractivity contribution in [2.24, 2.45) is 11.1 Å². The molecule has 0 unspecified atom stereocenters. The van der Waals surface area contributed by atoms with Crippen LogP contribution in [0.1, 0.15) is 37.8 Å². The van der Waals surface area contributed by atoms with Gasteiger partial charge in [-0.15, -0.1) is 0 Å². The Morgan fingerprint density at radius 3 is 2.82 bits per heavy atom. The summed E-state index contributed by atoms with van der Waals surface area (Å²) in [4.78, 5) is 11.5.